The Morgan fingerprint density at radius 2 is 1.33 bits per heavy atom. The highest BCUT2D eigenvalue weighted by molar-refractivity contribution is 5.69. The molecule has 0 amide bonds. The predicted octanol–water partition coefficient (Wildman–Crippen LogP) is 3.46. The first-order valence-corrected chi connectivity index (χ1v) is 11.9. The van der Waals surface area contributed by atoms with Gasteiger partial charge in [-0.25, -0.2) is 0 Å². The first-order chi connectivity index (χ1) is 14.5. The number of hydrogen-bond donors (Lipinski definition) is 3. The molecule has 0 aromatic carbocycles. The van der Waals surface area contributed by atoms with Crippen molar-refractivity contribution in [2.45, 2.75) is 128 Å². The number of aliphatic hydroxyl groups is 3. The quantitative estimate of drug-likeness (QED) is 0.239. The Morgan fingerprint density at radius 1 is 0.833 bits per heavy atom. The van der Waals surface area contributed by atoms with Crippen LogP contribution in [-0.4, -0.2) is 65.7 Å². The summed E-state index contributed by atoms with van der Waals surface area (Å²) in [6.45, 7) is 1.80. The van der Waals surface area contributed by atoms with E-state index >= 15 is 0 Å². The molecule has 0 saturated carbocycles. The fourth-order valence-corrected chi connectivity index (χ4v) is 3.89. The van der Waals surface area contributed by atoms with Crippen LogP contribution in [0.2, 0.25) is 0 Å². The minimum Gasteiger partial charge on any atom is -0.457 e. The van der Waals surface area contributed by atoms with Gasteiger partial charge in [-0.15, -0.1) is 0 Å². The highest BCUT2D eigenvalue weighted by Crippen LogP contribution is 2.24. The van der Waals surface area contributed by atoms with Crippen molar-refractivity contribution in [2.75, 3.05) is 13.7 Å². The molecule has 178 valence electrons. The van der Waals surface area contributed by atoms with E-state index in [0.717, 1.165) is 19.3 Å². The third-order valence-electron chi connectivity index (χ3n) is 5.80. The Morgan fingerprint density at radius 3 is 1.80 bits per heavy atom. The van der Waals surface area contributed by atoms with E-state index < -0.39 is 43.3 Å². The molecule has 1 saturated heterocycles. The summed E-state index contributed by atoms with van der Waals surface area (Å²) in [5.74, 6) is -0.452. The molecule has 7 heteroatoms. The van der Waals surface area contributed by atoms with Crippen molar-refractivity contribution < 1.29 is 34.3 Å². The van der Waals surface area contributed by atoms with Crippen molar-refractivity contribution in [2.24, 2.45) is 0 Å². The second-order valence-corrected chi connectivity index (χ2v) is 8.39. The summed E-state index contributed by atoms with van der Waals surface area (Å²) in [6.07, 6.45) is 10.4. The standard InChI is InChI=1S/C23H44O7/c1-3-4-5-6-7-8-9-10-11-12-13-14-15-16-19(25)30-22-18(17-24)29-23(28-2)21(27)20(22)26/h18,20-24,26-27H,3-17H2,1-2H3/t18-,20-,21-,22-,23+/m1/s1. The molecular formula is C23H44O7. The van der Waals surface area contributed by atoms with Crippen LogP contribution < -0.4 is 0 Å². The van der Waals surface area contributed by atoms with E-state index in [1.807, 2.05) is 0 Å². The van der Waals surface area contributed by atoms with E-state index in [-0.39, 0.29) is 6.42 Å². The number of carbonyl (C=O) groups excluding carboxylic acids is 1. The second kappa shape index (κ2) is 16.9. The first-order valence-electron chi connectivity index (χ1n) is 11.9. The molecule has 5 atom stereocenters. The summed E-state index contributed by atoms with van der Waals surface area (Å²) < 4.78 is 15.6. The summed E-state index contributed by atoms with van der Waals surface area (Å²) in [5, 5.41) is 29.6. The smallest absolute Gasteiger partial charge is 0.306 e. The molecule has 0 aromatic heterocycles. The minimum atomic E-state index is -1.36. The van der Waals surface area contributed by atoms with Crippen LogP contribution in [0.1, 0.15) is 96.8 Å². The average molecular weight is 433 g/mol. The molecule has 0 spiro atoms. The number of ether oxygens (including phenoxy) is 3. The lowest BCUT2D eigenvalue weighted by molar-refractivity contribution is -0.297. The molecule has 3 N–H and O–H groups in total. The lowest BCUT2D eigenvalue weighted by atomic mass is 9.99. The molecular weight excluding hydrogens is 388 g/mol. The van der Waals surface area contributed by atoms with Crippen molar-refractivity contribution in [1.82, 2.24) is 0 Å². The maximum absolute atomic E-state index is 12.1. The Labute approximate surface area is 182 Å². The van der Waals surface area contributed by atoms with Crippen molar-refractivity contribution in [3.05, 3.63) is 0 Å². The number of esters is 1. The summed E-state index contributed by atoms with van der Waals surface area (Å²) in [5.41, 5.74) is 0. The zero-order valence-electron chi connectivity index (χ0n) is 19.0. The molecule has 0 aliphatic carbocycles. The van der Waals surface area contributed by atoms with Crippen LogP contribution in [0.25, 0.3) is 0 Å². The summed E-state index contributed by atoms with van der Waals surface area (Å²) in [7, 11) is 1.33. The van der Waals surface area contributed by atoms with E-state index in [4.69, 9.17) is 14.2 Å². The number of rotatable bonds is 17. The van der Waals surface area contributed by atoms with Gasteiger partial charge in [0.15, 0.2) is 12.4 Å². The maximum Gasteiger partial charge on any atom is 0.306 e. The van der Waals surface area contributed by atoms with Gasteiger partial charge in [0, 0.05) is 13.5 Å². The molecule has 0 aromatic rings. The molecule has 0 radical (unpaired) electrons. The van der Waals surface area contributed by atoms with Crippen LogP contribution in [0.15, 0.2) is 0 Å². The van der Waals surface area contributed by atoms with Gasteiger partial charge in [0.2, 0.25) is 0 Å². The SMILES string of the molecule is CCCCCCCCCCCCCCCC(=O)O[C@H]1[C@H](O)[C@@H](O)[C@@H](OC)O[C@@H]1CO. The molecule has 1 aliphatic heterocycles. The molecule has 1 heterocycles. The van der Waals surface area contributed by atoms with Gasteiger partial charge < -0.3 is 29.5 Å². The molecule has 30 heavy (non-hydrogen) atoms. The van der Waals surface area contributed by atoms with Crippen molar-refractivity contribution in [3.63, 3.8) is 0 Å². The normalized spacial score (nSPS) is 26.6. The molecule has 0 bridgehead atoms. The van der Waals surface area contributed by atoms with Crippen molar-refractivity contribution >= 4 is 5.97 Å². The van der Waals surface area contributed by atoms with Gasteiger partial charge in [-0.3, -0.25) is 4.79 Å². The topological polar surface area (TPSA) is 105 Å². The first kappa shape index (κ1) is 27.3. The lowest BCUT2D eigenvalue weighted by Gasteiger charge is -2.40. The number of aliphatic hydroxyl groups excluding tert-OH is 3. The summed E-state index contributed by atoms with van der Waals surface area (Å²) in [4.78, 5) is 12.1. The van der Waals surface area contributed by atoms with Crippen molar-refractivity contribution in [3.8, 4) is 0 Å². The van der Waals surface area contributed by atoms with Crippen LogP contribution in [0.5, 0.6) is 0 Å². The van der Waals surface area contributed by atoms with Crippen LogP contribution in [0, 0.1) is 0 Å². The lowest BCUT2D eigenvalue weighted by Crippen LogP contribution is -2.60. The Hall–Kier alpha value is -0.730. The van der Waals surface area contributed by atoms with Crippen LogP contribution >= 0.6 is 0 Å². The minimum absolute atomic E-state index is 0.253. The predicted molar refractivity (Wildman–Crippen MR) is 115 cm³/mol. The monoisotopic (exact) mass is 432 g/mol. The number of methoxy groups -OCH3 is 1. The van der Waals surface area contributed by atoms with Gasteiger partial charge in [0.25, 0.3) is 0 Å². The molecule has 1 fully saturated rings. The average Bonchev–Trinajstić information content (AvgIpc) is 2.75. The Bertz CT molecular complexity index is 430. The number of carbonyl (C=O) groups is 1. The Kier molecular flexibility index (Phi) is 15.4. The largest absolute Gasteiger partial charge is 0.457 e. The molecule has 0 unspecified atom stereocenters. The van der Waals surface area contributed by atoms with E-state index in [2.05, 4.69) is 6.92 Å². The Balaban J connectivity index is 2.06. The fraction of sp³-hybridized carbons (Fsp3) is 0.957. The van der Waals surface area contributed by atoms with E-state index in [0.29, 0.717) is 0 Å². The third kappa shape index (κ3) is 10.5. The van der Waals surface area contributed by atoms with Gasteiger partial charge in [-0.2, -0.15) is 0 Å². The van der Waals surface area contributed by atoms with Gasteiger partial charge >= 0.3 is 5.97 Å². The zero-order chi connectivity index (χ0) is 22.2. The summed E-state index contributed by atoms with van der Waals surface area (Å²) in [6, 6.07) is 0. The van der Waals surface area contributed by atoms with E-state index in [1.54, 1.807) is 0 Å². The van der Waals surface area contributed by atoms with E-state index in [1.165, 1.54) is 71.3 Å². The van der Waals surface area contributed by atoms with Gasteiger partial charge in [0.05, 0.1) is 6.61 Å². The third-order valence-corrected chi connectivity index (χ3v) is 5.80. The molecule has 1 rings (SSSR count). The molecule has 1 aliphatic rings. The number of hydrogen-bond acceptors (Lipinski definition) is 7. The zero-order valence-corrected chi connectivity index (χ0v) is 19.0. The maximum atomic E-state index is 12.1. The highest BCUT2D eigenvalue weighted by Gasteiger charge is 2.46. The van der Waals surface area contributed by atoms with Crippen LogP contribution in [0.3, 0.4) is 0 Å². The second-order valence-electron chi connectivity index (χ2n) is 8.39. The van der Waals surface area contributed by atoms with Gasteiger partial charge in [-0.05, 0) is 6.42 Å². The molecule has 7 nitrogen and oxygen atoms in total. The van der Waals surface area contributed by atoms with Crippen LogP contribution in [-0.2, 0) is 19.0 Å². The van der Waals surface area contributed by atoms with Gasteiger partial charge in [-0.1, -0.05) is 84.0 Å². The van der Waals surface area contributed by atoms with Crippen LogP contribution in [0.4, 0.5) is 0 Å². The highest BCUT2D eigenvalue weighted by atomic mass is 16.7. The number of unbranched alkanes of at least 4 members (excludes halogenated alkanes) is 12. The summed E-state index contributed by atoms with van der Waals surface area (Å²) >= 11 is 0. The van der Waals surface area contributed by atoms with E-state index in [9.17, 15) is 20.1 Å². The van der Waals surface area contributed by atoms with Crippen molar-refractivity contribution in [1.29, 1.82) is 0 Å². The van der Waals surface area contributed by atoms with Gasteiger partial charge in [0.1, 0.15) is 18.3 Å². The fourth-order valence-electron chi connectivity index (χ4n) is 3.89.